The number of hydrogen-bond donors (Lipinski definition) is 1. The summed E-state index contributed by atoms with van der Waals surface area (Å²) in [6.07, 6.45) is 1.81. The molecule has 1 aliphatic rings. The van der Waals surface area contributed by atoms with Crippen LogP contribution in [-0.4, -0.2) is 25.0 Å². The van der Waals surface area contributed by atoms with Crippen LogP contribution in [0.5, 0.6) is 5.75 Å². The van der Waals surface area contributed by atoms with Gasteiger partial charge in [-0.05, 0) is 55.3 Å². The summed E-state index contributed by atoms with van der Waals surface area (Å²) in [5.41, 5.74) is 1.21. The second-order valence-corrected chi connectivity index (χ2v) is 5.96. The number of ether oxygens (including phenoxy) is 1. The third kappa shape index (κ3) is 3.79. The van der Waals surface area contributed by atoms with Crippen molar-refractivity contribution in [3.63, 3.8) is 0 Å². The van der Waals surface area contributed by atoms with Crippen LogP contribution >= 0.6 is 0 Å². The predicted molar refractivity (Wildman–Crippen MR) is 93.5 cm³/mol. The summed E-state index contributed by atoms with van der Waals surface area (Å²) < 4.78 is 18.8. The van der Waals surface area contributed by atoms with Gasteiger partial charge in [0.2, 0.25) is 5.91 Å². The first-order valence-corrected chi connectivity index (χ1v) is 8.04. The fraction of sp³-hybridized carbons (Fsp3) is 0.263. The summed E-state index contributed by atoms with van der Waals surface area (Å²) in [7, 11) is 1.54. The number of nitrogens with zero attached hydrogens (tertiary/aromatic N) is 1. The second kappa shape index (κ2) is 6.93. The van der Waals surface area contributed by atoms with E-state index in [4.69, 9.17) is 4.74 Å². The van der Waals surface area contributed by atoms with Gasteiger partial charge >= 0.3 is 0 Å². The first-order valence-electron chi connectivity index (χ1n) is 8.04. The van der Waals surface area contributed by atoms with Gasteiger partial charge in [-0.25, -0.2) is 4.39 Å². The van der Waals surface area contributed by atoms with Crippen LogP contribution < -0.4 is 15.0 Å². The van der Waals surface area contributed by atoms with Gasteiger partial charge in [-0.1, -0.05) is 0 Å². The van der Waals surface area contributed by atoms with E-state index in [0.29, 0.717) is 17.0 Å². The first kappa shape index (κ1) is 17.0. The second-order valence-electron chi connectivity index (χ2n) is 5.96. The Morgan fingerprint density at radius 3 is 2.40 bits per heavy atom. The zero-order valence-electron chi connectivity index (χ0n) is 14.1. The maximum Gasteiger partial charge on any atom is 0.255 e. The van der Waals surface area contributed by atoms with Crippen molar-refractivity contribution in [2.24, 2.45) is 0 Å². The van der Waals surface area contributed by atoms with Crippen molar-refractivity contribution < 1.29 is 18.7 Å². The topological polar surface area (TPSA) is 58.6 Å². The standard InChI is InChI=1S/C19H19FN2O3/c1-12(23)22(15-6-7-15)18-10-5-14(20)11-17(18)21-19(24)13-3-8-16(25-2)9-4-13/h3-5,8-11,15H,6-7H2,1-2H3,(H,21,24). The molecule has 0 saturated heterocycles. The number of hydrogen-bond acceptors (Lipinski definition) is 3. The highest BCUT2D eigenvalue weighted by Crippen LogP contribution is 2.36. The Morgan fingerprint density at radius 2 is 1.84 bits per heavy atom. The van der Waals surface area contributed by atoms with Gasteiger partial charge in [-0.2, -0.15) is 0 Å². The van der Waals surface area contributed by atoms with E-state index in [1.165, 1.54) is 25.1 Å². The highest BCUT2D eigenvalue weighted by molar-refractivity contribution is 6.07. The largest absolute Gasteiger partial charge is 0.497 e. The minimum atomic E-state index is -0.479. The number of rotatable bonds is 5. The summed E-state index contributed by atoms with van der Waals surface area (Å²) in [4.78, 5) is 26.1. The Labute approximate surface area is 145 Å². The Kier molecular flexibility index (Phi) is 4.70. The Bertz CT molecular complexity index is 801. The molecule has 6 heteroatoms. The number of benzene rings is 2. The van der Waals surface area contributed by atoms with Gasteiger partial charge in [0.1, 0.15) is 11.6 Å². The number of halogens is 1. The molecule has 1 fully saturated rings. The minimum absolute atomic E-state index is 0.111. The van der Waals surface area contributed by atoms with Crippen molar-refractivity contribution in [2.75, 3.05) is 17.3 Å². The quantitative estimate of drug-likeness (QED) is 0.903. The highest BCUT2D eigenvalue weighted by Gasteiger charge is 2.33. The molecule has 1 aliphatic carbocycles. The van der Waals surface area contributed by atoms with E-state index in [1.807, 2.05) is 0 Å². The molecule has 2 amide bonds. The van der Waals surface area contributed by atoms with Gasteiger partial charge in [0.25, 0.3) is 5.91 Å². The van der Waals surface area contributed by atoms with Crippen LogP contribution in [0.2, 0.25) is 0 Å². The molecule has 3 rings (SSSR count). The smallest absolute Gasteiger partial charge is 0.255 e. The molecule has 25 heavy (non-hydrogen) atoms. The third-order valence-electron chi connectivity index (χ3n) is 4.07. The minimum Gasteiger partial charge on any atom is -0.497 e. The van der Waals surface area contributed by atoms with Crippen LogP contribution in [0.25, 0.3) is 0 Å². The molecule has 0 heterocycles. The van der Waals surface area contributed by atoms with Crippen LogP contribution in [0.15, 0.2) is 42.5 Å². The molecule has 2 aromatic rings. The van der Waals surface area contributed by atoms with E-state index in [-0.39, 0.29) is 23.5 Å². The van der Waals surface area contributed by atoms with Gasteiger partial charge in [-0.3, -0.25) is 9.59 Å². The Balaban J connectivity index is 1.89. The molecular weight excluding hydrogens is 323 g/mol. The monoisotopic (exact) mass is 342 g/mol. The molecule has 130 valence electrons. The summed E-state index contributed by atoms with van der Waals surface area (Å²) in [5.74, 6) is -0.351. The Morgan fingerprint density at radius 1 is 1.16 bits per heavy atom. The van der Waals surface area contributed by atoms with Gasteiger partial charge < -0.3 is 15.0 Å². The van der Waals surface area contributed by atoms with Crippen molar-refractivity contribution in [2.45, 2.75) is 25.8 Å². The number of amides is 2. The van der Waals surface area contributed by atoms with Crippen molar-refractivity contribution in [1.29, 1.82) is 0 Å². The molecular formula is C19H19FN2O3. The lowest BCUT2D eigenvalue weighted by Crippen LogP contribution is -2.31. The van der Waals surface area contributed by atoms with Crippen molar-refractivity contribution in [3.05, 3.63) is 53.8 Å². The number of anilines is 2. The molecule has 1 saturated carbocycles. The van der Waals surface area contributed by atoms with Gasteiger partial charge in [-0.15, -0.1) is 0 Å². The number of methoxy groups -OCH3 is 1. The maximum absolute atomic E-state index is 13.7. The molecule has 0 aromatic heterocycles. The van der Waals surface area contributed by atoms with Crippen LogP contribution in [0, 0.1) is 5.82 Å². The SMILES string of the molecule is COc1ccc(C(=O)Nc2cc(F)ccc2N(C(C)=O)C2CC2)cc1. The molecule has 5 nitrogen and oxygen atoms in total. The fourth-order valence-electron chi connectivity index (χ4n) is 2.71. The van der Waals surface area contributed by atoms with E-state index in [0.717, 1.165) is 12.8 Å². The summed E-state index contributed by atoms with van der Waals surface area (Å²) in [6, 6.07) is 10.7. The summed E-state index contributed by atoms with van der Waals surface area (Å²) in [5, 5.41) is 2.71. The van der Waals surface area contributed by atoms with E-state index in [1.54, 1.807) is 36.3 Å². The highest BCUT2D eigenvalue weighted by atomic mass is 19.1. The van der Waals surface area contributed by atoms with Crippen molar-refractivity contribution >= 4 is 23.2 Å². The Hall–Kier alpha value is -2.89. The zero-order chi connectivity index (χ0) is 18.0. The van der Waals surface area contributed by atoms with Crippen molar-refractivity contribution in [3.8, 4) is 5.75 Å². The lowest BCUT2D eigenvalue weighted by Gasteiger charge is -2.24. The number of carbonyl (C=O) groups is 2. The number of nitrogens with one attached hydrogen (secondary N) is 1. The molecule has 0 bridgehead atoms. The molecule has 1 N–H and O–H groups in total. The number of carbonyl (C=O) groups excluding carboxylic acids is 2. The zero-order valence-corrected chi connectivity index (χ0v) is 14.1. The molecule has 0 unspecified atom stereocenters. The molecule has 0 radical (unpaired) electrons. The normalized spacial score (nSPS) is 13.2. The van der Waals surface area contributed by atoms with Crippen LogP contribution in [0.4, 0.5) is 15.8 Å². The van der Waals surface area contributed by atoms with E-state index < -0.39 is 5.82 Å². The lowest BCUT2D eigenvalue weighted by molar-refractivity contribution is -0.116. The average molecular weight is 342 g/mol. The van der Waals surface area contributed by atoms with Gasteiger partial charge in [0, 0.05) is 18.5 Å². The van der Waals surface area contributed by atoms with Crippen LogP contribution in [0.3, 0.4) is 0 Å². The lowest BCUT2D eigenvalue weighted by atomic mass is 10.1. The molecule has 2 aromatic carbocycles. The van der Waals surface area contributed by atoms with Crippen LogP contribution in [0.1, 0.15) is 30.1 Å². The van der Waals surface area contributed by atoms with Gasteiger partial charge in [0.15, 0.2) is 0 Å². The summed E-state index contributed by atoms with van der Waals surface area (Å²) in [6.45, 7) is 1.47. The average Bonchev–Trinajstić information content (AvgIpc) is 3.41. The third-order valence-corrected chi connectivity index (χ3v) is 4.07. The van der Waals surface area contributed by atoms with E-state index in [9.17, 15) is 14.0 Å². The predicted octanol–water partition coefficient (Wildman–Crippen LogP) is 3.60. The van der Waals surface area contributed by atoms with E-state index >= 15 is 0 Å². The molecule has 0 spiro atoms. The van der Waals surface area contributed by atoms with Crippen molar-refractivity contribution in [1.82, 2.24) is 0 Å². The van der Waals surface area contributed by atoms with Gasteiger partial charge in [0.05, 0.1) is 18.5 Å². The van der Waals surface area contributed by atoms with E-state index in [2.05, 4.69) is 5.32 Å². The maximum atomic E-state index is 13.7. The van der Waals surface area contributed by atoms with Crippen LogP contribution in [-0.2, 0) is 4.79 Å². The fourth-order valence-corrected chi connectivity index (χ4v) is 2.71. The molecule has 0 atom stereocenters. The molecule has 0 aliphatic heterocycles. The first-order chi connectivity index (χ1) is 12.0. The summed E-state index contributed by atoms with van der Waals surface area (Å²) >= 11 is 0.